The normalized spacial score (nSPS) is 14.3. The number of benzene rings is 3. The van der Waals surface area contributed by atoms with Crippen LogP contribution in [0.25, 0.3) is 17.2 Å². The average Bonchev–Trinajstić information content (AvgIpc) is 3.24. The minimum Gasteiger partial charge on any atom is -0.507 e. The Hall–Kier alpha value is -3.37. The van der Waals surface area contributed by atoms with E-state index >= 15 is 0 Å². The molecule has 5 heteroatoms. The summed E-state index contributed by atoms with van der Waals surface area (Å²) in [5.41, 5.74) is 4.83. The SMILES string of the molecule is CCCCCCCCc1ccc(-c2ccc(C3=N/C(=C/c4cc(Cl)ccc4O)C(=O)O3)cc2)cc1. The molecule has 3 aromatic rings. The Morgan fingerprint density at radius 1 is 0.857 bits per heavy atom. The van der Waals surface area contributed by atoms with Gasteiger partial charge in [-0.05, 0) is 65.9 Å². The number of cyclic esters (lactones) is 1. The van der Waals surface area contributed by atoms with Crippen LogP contribution in [0.2, 0.25) is 5.02 Å². The average molecular weight is 488 g/mol. The second kappa shape index (κ2) is 11.9. The number of hydrogen-bond donors (Lipinski definition) is 1. The minimum absolute atomic E-state index is 0.0145. The van der Waals surface area contributed by atoms with Crippen LogP contribution >= 0.6 is 11.6 Å². The number of carbonyl (C=O) groups excluding carboxylic acids is 1. The molecular formula is C30H30ClNO3. The third-order valence-corrected chi connectivity index (χ3v) is 6.38. The molecule has 4 rings (SSSR count). The van der Waals surface area contributed by atoms with Gasteiger partial charge in [-0.15, -0.1) is 0 Å². The Labute approximate surface area is 211 Å². The van der Waals surface area contributed by atoms with Crippen LogP contribution in [0.5, 0.6) is 5.75 Å². The topological polar surface area (TPSA) is 58.9 Å². The molecule has 0 fully saturated rings. The Morgan fingerprint density at radius 3 is 2.20 bits per heavy atom. The van der Waals surface area contributed by atoms with Gasteiger partial charge in [-0.1, -0.05) is 87.0 Å². The van der Waals surface area contributed by atoms with Crippen molar-refractivity contribution < 1.29 is 14.6 Å². The molecule has 1 heterocycles. The van der Waals surface area contributed by atoms with Crippen molar-refractivity contribution in [3.63, 3.8) is 0 Å². The van der Waals surface area contributed by atoms with Gasteiger partial charge in [-0.2, -0.15) is 0 Å². The van der Waals surface area contributed by atoms with E-state index in [9.17, 15) is 9.90 Å². The summed E-state index contributed by atoms with van der Waals surface area (Å²) in [6, 6.07) is 21.1. The van der Waals surface area contributed by atoms with Crippen LogP contribution in [0.4, 0.5) is 0 Å². The number of aryl methyl sites for hydroxylation is 1. The van der Waals surface area contributed by atoms with E-state index < -0.39 is 5.97 Å². The maximum atomic E-state index is 12.3. The van der Waals surface area contributed by atoms with Gasteiger partial charge in [0.25, 0.3) is 0 Å². The lowest BCUT2D eigenvalue weighted by Crippen LogP contribution is -2.05. The van der Waals surface area contributed by atoms with Crippen molar-refractivity contribution in [1.82, 2.24) is 0 Å². The lowest BCUT2D eigenvalue weighted by Gasteiger charge is -2.06. The molecule has 1 aliphatic heterocycles. The number of phenols is 1. The highest BCUT2D eigenvalue weighted by molar-refractivity contribution is 6.30. The molecule has 4 nitrogen and oxygen atoms in total. The number of rotatable bonds is 10. The van der Waals surface area contributed by atoms with E-state index in [-0.39, 0.29) is 17.3 Å². The van der Waals surface area contributed by atoms with Crippen LogP contribution in [-0.4, -0.2) is 17.0 Å². The summed E-state index contributed by atoms with van der Waals surface area (Å²) < 4.78 is 5.36. The monoisotopic (exact) mass is 487 g/mol. The van der Waals surface area contributed by atoms with Gasteiger partial charge in [0.2, 0.25) is 5.90 Å². The van der Waals surface area contributed by atoms with Gasteiger partial charge in [-0.3, -0.25) is 0 Å². The summed E-state index contributed by atoms with van der Waals surface area (Å²) in [6.45, 7) is 2.25. The molecule has 0 radical (unpaired) electrons. The first kappa shape index (κ1) is 24.7. The van der Waals surface area contributed by atoms with Gasteiger partial charge in [0.1, 0.15) is 5.75 Å². The van der Waals surface area contributed by atoms with Crippen LogP contribution < -0.4 is 0 Å². The number of aromatic hydroxyl groups is 1. The van der Waals surface area contributed by atoms with Gasteiger partial charge < -0.3 is 9.84 Å². The van der Waals surface area contributed by atoms with Crippen LogP contribution in [0.1, 0.15) is 62.1 Å². The quantitative estimate of drug-likeness (QED) is 0.179. The Kier molecular flexibility index (Phi) is 8.38. The molecule has 0 bridgehead atoms. The molecule has 35 heavy (non-hydrogen) atoms. The number of unbranched alkanes of at least 4 members (excludes halogenated alkanes) is 5. The predicted molar refractivity (Wildman–Crippen MR) is 143 cm³/mol. The van der Waals surface area contributed by atoms with E-state index in [1.54, 1.807) is 12.1 Å². The van der Waals surface area contributed by atoms with E-state index in [2.05, 4.69) is 36.2 Å². The maximum Gasteiger partial charge on any atom is 0.363 e. The number of phenolic OH excluding ortho intramolecular Hbond substituents is 1. The van der Waals surface area contributed by atoms with Crippen molar-refractivity contribution >= 4 is 29.5 Å². The molecule has 0 saturated heterocycles. The molecule has 180 valence electrons. The smallest absolute Gasteiger partial charge is 0.363 e. The second-order valence-corrected chi connectivity index (χ2v) is 9.27. The molecule has 0 aliphatic carbocycles. The standard InChI is InChI=1S/C30H30ClNO3/c1-2-3-4-5-6-7-8-21-9-11-22(12-10-21)23-13-15-24(16-14-23)29-32-27(30(34)35-29)20-25-19-26(31)17-18-28(25)33/h9-20,33H,2-8H2,1H3/b27-20+. The van der Waals surface area contributed by atoms with Gasteiger partial charge in [-0.25, -0.2) is 9.79 Å². The highest BCUT2D eigenvalue weighted by Gasteiger charge is 2.24. The molecule has 0 aromatic heterocycles. The fraction of sp³-hybridized carbons (Fsp3) is 0.267. The highest BCUT2D eigenvalue weighted by atomic mass is 35.5. The van der Waals surface area contributed by atoms with Gasteiger partial charge in [0, 0.05) is 16.1 Å². The zero-order valence-corrected chi connectivity index (χ0v) is 20.7. The minimum atomic E-state index is -0.565. The Balaban J connectivity index is 1.40. The number of halogens is 1. The number of aliphatic imine (C=N–C) groups is 1. The van der Waals surface area contributed by atoms with E-state index in [1.807, 2.05) is 24.3 Å². The van der Waals surface area contributed by atoms with Crippen LogP contribution in [-0.2, 0) is 16.0 Å². The van der Waals surface area contributed by atoms with E-state index in [0.717, 1.165) is 17.5 Å². The summed E-state index contributed by atoms with van der Waals surface area (Å²) >= 11 is 5.99. The highest BCUT2D eigenvalue weighted by Crippen LogP contribution is 2.27. The lowest BCUT2D eigenvalue weighted by molar-refractivity contribution is -0.129. The fourth-order valence-electron chi connectivity index (χ4n) is 4.10. The van der Waals surface area contributed by atoms with Crippen molar-refractivity contribution in [2.45, 2.75) is 51.9 Å². The zero-order valence-electron chi connectivity index (χ0n) is 20.0. The van der Waals surface area contributed by atoms with Crippen molar-refractivity contribution in [1.29, 1.82) is 0 Å². The predicted octanol–water partition coefficient (Wildman–Crippen LogP) is 7.96. The summed E-state index contributed by atoms with van der Waals surface area (Å²) in [5.74, 6) is -0.311. The summed E-state index contributed by atoms with van der Waals surface area (Å²) in [7, 11) is 0. The number of carbonyl (C=O) groups is 1. The molecule has 0 spiro atoms. The summed E-state index contributed by atoms with van der Waals surface area (Å²) in [5, 5.41) is 10.5. The fourth-order valence-corrected chi connectivity index (χ4v) is 4.28. The second-order valence-electron chi connectivity index (χ2n) is 8.83. The Bertz CT molecular complexity index is 1230. The molecular weight excluding hydrogens is 458 g/mol. The Morgan fingerprint density at radius 2 is 1.49 bits per heavy atom. The molecule has 0 saturated carbocycles. The summed E-state index contributed by atoms with van der Waals surface area (Å²) in [6.07, 6.45) is 10.4. The van der Waals surface area contributed by atoms with Crippen molar-refractivity contribution in [3.05, 3.63) is 94.1 Å². The van der Waals surface area contributed by atoms with E-state index in [0.29, 0.717) is 16.1 Å². The lowest BCUT2D eigenvalue weighted by atomic mass is 10.00. The molecule has 1 N–H and O–H groups in total. The van der Waals surface area contributed by atoms with Crippen LogP contribution in [0.15, 0.2) is 77.4 Å². The van der Waals surface area contributed by atoms with Gasteiger partial charge in [0.05, 0.1) is 0 Å². The zero-order chi connectivity index (χ0) is 24.6. The van der Waals surface area contributed by atoms with Crippen LogP contribution in [0, 0.1) is 0 Å². The number of esters is 1. The molecule has 0 unspecified atom stereocenters. The van der Waals surface area contributed by atoms with Crippen molar-refractivity contribution in [2.24, 2.45) is 4.99 Å². The maximum absolute atomic E-state index is 12.3. The molecule has 0 atom stereocenters. The first-order valence-electron chi connectivity index (χ1n) is 12.2. The molecule has 1 aliphatic rings. The number of ether oxygens (including phenoxy) is 1. The first-order chi connectivity index (χ1) is 17.0. The first-order valence-corrected chi connectivity index (χ1v) is 12.6. The molecule has 0 amide bonds. The van der Waals surface area contributed by atoms with E-state index in [4.69, 9.17) is 16.3 Å². The van der Waals surface area contributed by atoms with Gasteiger partial charge >= 0.3 is 5.97 Å². The number of hydrogen-bond acceptors (Lipinski definition) is 4. The summed E-state index contributed by atoms with van der Waals surface area (Å²) in [4.78, 5) is 16.6. The number of nitrogens with zero attached hydrogens (tertiary/aromatic N) is 1. The van der Waals surface area contributed by atoms with Crippen molar-refractivity contribution in [2.75, 3.05) is 0 Å². The third-order valence-electron chi connectivity index (χ3n) is 6.14. The third kappa shape index (κ3) is 6.61. The largest absolute Gasteiger partial charge is 0.507 e. The van der Waals surface area contributed by atoms with Crippen LogP contribution in [0.3, 0.4) is 0 Å². The van der Waals surface area contributed by atoms with Crippen molar-refractivity contribution in [3.8, 4) is 16.9 Å². The van der Waals surface area contributed by atoms with Gasteiger partial charge in [0.15, 0.2) is 5.70 Å². The molecule has 3 aromatic carbocycles. The van der Waals surface area contributed by atoms with E-state index in [1.165, 1.54) is 56.2 Å².